The molecule has 0 aliphatic carbocycles. The van der Waals surface area contributed by atoms with Crippen LogP contribution in [-0.4, -0.2) is 33.1 Å². The van der Waals surface area contributed by atoms with Crippen molar-refractivity contribution in [2.75, 3.05) is 7.11 Å². The van der Waals surface area contributed by atoms with Gasteiger partial charge in [-0.1, -0.05) is 25.1 Å². The Hall–Kier alpha value is -4.01. The Morgan fingerprint density at radius 1 is 1.09 bits per heavy atom. The van der Waals surface area contributed by atoms with Crippen LogP contribution < -0.4 is 10.3 Å². The maximum Gasteiger partial charge on any atom is 0.360 e. The van der Waals surface area contributed by atoms with E-state index >= 15 is 0 Å². The molecular weight excluding hydrogens is 412 g/mol. The first kappa shape index (κ1) is 21.2. The normalized spacial score (nSPS) is 12.0. The van der Waals surface area contributed by atoms with Crippen LogP contribution in [0.4, 0.5) is 0 Å². The lowest BCUT2D eigenvalue weighted by Crippen LogP contribution is -2.26. The van der Waals surface area contributed by atoms with Gasteiger partial charge < -0.3 is 13.9 Å². The molecule has 0 spiro atoms. The number of rotatable bonds is 7. The zero-order chi connectivity index (χ0) is 22.7. The molecule has 0 aliphatic heterocycles. The van der Waals surface area contributed by atoms with E-state index in [4.69, 9.17) is 13.9 Å². The summed E-state index contributed by atoms with van der Waals surface area (Å²) in [4.78, 5) is 25.6. The van der Waals surface area contributed by atoms with Gasteiger partial charge in [0.2, 0.25) is 5.89 Å². The molecule has 1 atom stereocenters. The number of esters is 1. The van der Waals surface area contributed by atoms with Gasteiger partial charge in [-0.3, -0.25) is 4.79 Å². The second-order valence-corrected chi connectivity index (χ2v) is 7.14. The molecule has 9 nitrogen and oxygen atoms in total. The second kappa shape index (κ2) is 9.01. The molecule has 32 heavy (non-hydrogen) atoms. The van der Waals surface area contributed by atoms with E-state index in [0.29, 0.717) is 40.9 Å². The first-order chi connectivity index (χ1) is 15.5. The zero-order valence-electron chi connectivity index (χ0n) is 17.9. The van der Waals surface area contributed by atoms with Crippen LogP contribution in [0.15, 0.2) is 57.7 Å². The summed E-state index contributed by atoms with van der Waals surface area (Å²) in [5, 5.41) is 13.1. The van der Waals surface area contributed by atoms with E-state index in [1.54, 1.807) is 62.6 Å². The largest absolute Gasteiger partial charge is 0.497 e. The minimum Gasteiger partial charge on any atom is -0.497 e. The van der Waals surface area contributed by atoms with Crippen molar-refractivity contribution < 1.29 is 18.7 Å². The molecule has 2 aromatic heterocycles. The van der Waals surface area contributed by atoms with E-state index in [1.165, 1.54) is 4.68 Å². The van der Waals surface area contributed by atoms with E-state index < -0.39 is 12.1 Å². The van der Waals surface area contributed by atoms with E-state index in [1.807, 2.05) is 6.92 Å². The third-order valence-electron chi connectivity index (χ3n) is 4.91. The summed E-state index contributed by atoms with van der Waals surface area (Å²) in [6.07, 6.45) is -0.110. The molecule has 2 aromatic carbocycles. The maximum atomic E-state index is 13.0. The fraction of sp³-hybridized carbons (Fsp3) is 0.261. The summed E-state index contributed by atoms with van der Waals surface area (Å²) >= 11 is 0. The molecule has 164 valence electrons. The van der Waals surface area contributed by atoms with Gasteiger partial charge in [0.25, 0.3) is 11.4 Å². The van der Waals surface area contributed by atoms with Crippen LogP contribution >= 0.6 is 0 Å². The number of hydrogen-bond donors (Lipinski definition) is 0. The lowest BCUT2D eigenvalue weighted by atomic mass is 10.1. The van der Waals surface area contributed by atoms with Crippen LogP contribution in [0.1, 0.15) is 42.8 Å². The predicted octanol–water partition coefficient (Wildman–Crippen LogP) is 3.78. The van der Waals surface area contributed by atoms with Gasteiger partial charge in [-0.05, 0) is 43.7 Å². The molecule has 0 fully saturated rings. The van der Waals surface area contributed by atoms with Crippen molar-refractivity contribution in [1.82, 2.24) is 20.0 Å². The Balaban J connectivity index is 1.59. The SMILES string of the molecule is CCCn1nc(C(=O)O[C@H](C)c2nnc(-c3ccc(OC)cc3)o2)c2ccccc2c1=O. The minimum atomic E-state index is -0.811. The van der Waals surface area contributed by atoms with Gasteiger partial charge in [0.15, 0.2) is 11.8 Å². The van der Waals surface area contributed by atoms with E-state index in [9.17, 15) is 9.59 Å². The topological polar surface area (TPSA) is 109 Å². The monoisotopic (exact) mass is 434 g/mol. The Kier molecular flexibility index (Phi) is 5.98. The van der Waals surface area contributed by atoms with E-state index in [0.717, 1.165) is 0 Å². The number of benzene rings is 2. The summed E-state index contributed by atoms with van der Waals surface area (Å²) in [5.74, 6) is 0.476. The maximum absolute atomic E-state index is 13.0. The number of methoxy groups -OCH3 is 1. The minimum absolute atomic E-state index is 0.0652. The summed E-state index contributed by atoms with van der Waals surface area (Å²) in [6.45, 7) is 3.96. The summed E-state index contributed by atoms with van der Waals surface area (Å²) in [5.41, 5.74) is 0.533. The van der Waals surface area contributed by atoms with Crippen molar-refractivity contribution in [2.24, 2.45) is 0 Å². The number of carbonyl (C=O) groups excluding carboxylic acids is 1. The highest BCUT2D eigenvalue weighted by molar-refractivity contribution is 6.02. The van der Waals surface area contributed by atoms with Crippen molar-refractivity contribution >= 4 is 16.7 Å². The van der Waals surface area contributed by atoms with Crippen molar-refractivity contribution in [2.45, 2.75) is 32.9 Å². The summed E-state index contributed by atoms with van der Waals surface area (Å²) < 4.78 is 17.7. The molecule has 4 aromatic rings. The highest BCUT2D eigenvalue weighted by Gasteiger charge is 2.23. The number of fused-ring (bicyclic) bond motifs is 1. The Bertz CT molecular complexity index is 1310. The quantitative estimate of drug-likeness (QED) is 0.404. The molecule has 0 saturated heterocycles. The van der Waals surface area contributed by atoms with Gasteiger partial charge >= 0.3 is 5.97 Å². The van der Waals surface area contributed by atoms with Crippen molar-refractivity contribution in [3.05, 3.63) is 70.5 Å². The van der Waals surface area contributed by atoms with Gasteiger partial charge in [-0.15, -0.1) is 10.2 Å². The Labute approximate surface area is 183 Å². The third kappa shape index (κ3) is 4.09. The Morgan fingerprint density at radius 2 is 1.81 bits per heavy atom. The Morgan fingerprint density at radius 3 is 2.50 bits per heavy atom. The fourth-order valence-corrected chi connectivity index (χ4v) is 3.27. The molecule has 0 saturated carbocycles. The molecule has 0 aliphatic rings. The van der Waals surface area contributed by atoms with Crippen molar-refractivity contribution in [3.8, 4) is 17.2 Å². The predicted molar refractivity (Wildman–Crippen MR) is 116 cm³/mol. The van der Waals surface area contributed by atoms with Crippen LogP contribution in [0, 0.1) is 0 Å². The van der Waals surface area contributed by atoms with E-state index in [2.05, 4.69) is 15.3 Å². The standard InChI is InChI=1S/C23H22N4O5/c1-4-13-27-22(28)18-8-6-5-7-17(18)19(26-27)23(29)31-14(2)20-24-25-21(32-20)15-9-11-16(30-3)12-10-15/h5-12,14H,4,13H2,1-3H3/t14-/m1/s1. The highest BCUT2D eigenvalue weighted by atomic mass is 16.6. The number of carbonyl (C=O) groups is 1. The van der Waals surface area contributed by atoms with Gasteiger partial charge in [-0.2, -0.15) is 5.10 Å². The summed E-state index contributed by atoms with van der Waals surface area (Å²) in [7, 11) is 1.59. The molecule has 4 rings (SSSR count). The zero-order valence-corrected chi connectivity index (χ0v) is 17.9. The summed E-state index contributed by atoms with van der Waals surface area (Å²) in [6, 6.07) is 14.0. The van der Waals surface area contributed by atoms with Crippen LogP contribution in [0.5, 0.6) is 5.75 Å². The average molecular weight is 434 g/mol. The highest BCUT2D eigenvalue weighted by Crippen LogP contribution is 2.25. The molecule has 0 N–H and O–H groups in total. The van der Waals surface area contributed by atoms with Crippen LogP contribution in [0.3, 0.4) is 0 Å². The number of aryl methyl sites for hydroxylation is 1. The third-order valence-corrected chi connectivity index (χ3v) is 4.91. The van der Waals surface area contributed by atoms with Crippen LogP contribution in [0.2, 0.25) is 0 Å². The van der Waals surface area contributed by atoms with Gasteiger partial charge in [0.05, 0.1) is 12.5 Å². The smallest absolute Gasteiger partial charge is 0.360 e. The van der Waals surface area contributed by atoms with Gasteiger partial charge in [-0.25, -0.2) is 9.48 Å². The fourth-order valence-electron chi connectivity index (χ4n) is 3.27. The lowest BCUT2D eigenvalue weighted by Gasteiger charge is -2.12. The molecule has 0 bridgehead atoms. The van der Waals surface area contributed by atoms with Crippen LogP contribution in [-0.2, 0) is 11.3 Å². The molecule has 0 amide bonds. The lowest BCUT2D eigenvalue weighted by molar-refractivity contribution is 0.0272. The molecule has 0 radical (unpaired) electrons. The van der Waals surface area contributed by atoms with E-state index in [-0.39, 0.29) is 17.1 Å². The van der Waals surface area contributed by atoms with Crippen LogP contribution in [0.25, 0.3) is 22.2 Å². The van der Waals surface area contributed by atoms with Crippen molar-refractivity contribution in [3.63, 3.8) is 0 Å². The first-order valence-corrected chi connectivity index (χ1v) is 10.2. The molecular formula is C23H22N4O5. The molecule has 2 heterocycles. The second-order valence-electron chi connectivity index (χ2n) is 7.14. The number of aromatic nitrogens is 4. The van der Waals surface area contributed by atoms with Gasteiger partial charge in [0.1, 0.15) is 5.75 Å². The molecule has 0 unspecified atom stereocenters. The average Bonchev–Trinajstić information content (AvgIpc) is 3.31. The number of nitrogens with zero attached hydrogens (tertiary/aromatic N) is 4. The number of ether oxygens (including phenoxy) is 2. The van der Waals surface area contributed by atoms with Gasteiger partial charge in [0, 0.05) is 17.5 Å². The number of hydrogen-bond acceptors (Lipinski definition) is 8. The first-order valence-electron chi connectivity index (χ1n) is 10.2. The van der Waals surface area contributed by atoms with Crippen molar-refractivity contribution in [1.29, 1.82) is 0 Å². The molecule has 9 heteroatoms.